The van der Waals surface area contributed by atoms with Gasteiger partial charge in [-0.15, -0.1) is 0 Å². The number of rotatable bonds is 18. The van der Waals surface area contributed by atoms with Gasteiger partial charge in [-0.25, -0.2) is 21.9 Å². The zero-order chi connectivity index (χ0) is 64.3. The Hall–Kier alpha value is -11.8. The van der Waals surface area contributed by atoms with Crippen molar-refractivity contribution in [2.75, 3.05) is 10.6 Å². The zero-order valence-corrected chi connectivity index (χ0v) is 49.9. The molecule has 0 bridgehead atoms. The summed E-state index contributed by atoms with van der Waals surface area (Å²) in [4.78, 5) is 61.9. The third-order valence-corrected chi connectivity index (χ3v) is 14.6. The maximum Gasteiger partial charge on any atom is 0.274 e. The van der Waals surface area contributed by atoms with Crippen molar-refractivity contribution in [3.05, 3.63) is 311 Å². The lowest BCUT2D eigenvalue weighted by molar-refractivity contribution is -0.124. The van der Waals surface area contributed by atoms with Crippen LogP contribution in [0.3, 0.4) is 0 Å². The summed E-state index contributed by atoms with van der Waals surface area (Å²) in [6.07, 6.45) is 16.8. The van der Waals surface area contributed by atoms with Gasteiger partial charge >= 0.3 is 0 Å². The minimum absolute atomic E-state index is 0.415. The normalized spacial score (nSPS) is 10.7. The van der Waals surface area contributed by atoms with E-state index in [1.807, 2.05) is 146 Å². The molecular formula is C74H66N10O8. The van der Waals surface area contributed by atoms with E-state index in [1.54, 1.807) is 76.9 Å². The van der Waals surface area contributed by atoms with Gasteiger partial charge in [0.05, 0.1) is 33.4 Å². The first-order valence-electron chi connectivity index (χ1n) is 29.4. The second-order valence-electron chi connectivity index (χ2n) is 20.9. The summed E-state index contributed by atoms with van der Waals surface area (Å²) in [5.74, 6) is -2.10. The largest absolute Gasteiger partial charge is 0.379 e. The number of amides is 4. The van der Waals surface area contributed by atoms with Gasteiger partial charge in [0.15, 0.2) is 0 Å². The van der Waals surface area contributed by atoms with Crippen molar-refractivity contribution in [1.82, 2.24) is 41.9 Å². The molecule has 0 fully saturated rings. The number of carbonyl (C=O) groups is 4. The Bertz CT molecular complexity index is 4470. The van der Waals surface area contributed by atoms with Crippen LogP contribution in [-0.2, 0) is 48.4 Å². The first-order chi connectivity index (χ1) is 45.0. The molecule has 18 heteroatoms. The van der Waals surface area contributed by atoms with E-state index in [0.717, 1.165) is 108 Å². The molecule has 4 amide bonds. The molecule has 0 saturated carbocycles. The first-order valence-corrected chi connectivity index (χ1v) is 29.4. The Morgan fingerprint density at radius 2 is 0.674 bits per heavy atom. The van der Waals surface area contributed by atoms with Crippen molar-refractivity contribution in [3.63, 3.8) is 0 Å². The number of aryl methyl sites for hydroxylation is 4. The van der Waals surface area contributed by atoms with Crippen molar-refractivity contribution >= 4 is 90.8 Å². The SMILES string of the molecule is O=C(/C=C/c1ccc(CCc2ccc3ncccc3c2)cc1)NO.O=C(/C=C/c1ccc(CNc2cccc3cccnc23)cc1)NO.O=C(NO)c1ccc(CCc2ccc3ncccc3c2)cc1.O=C(NO)c1ccc(CNc2cccc3cccnc23)cc1. The summed E-state index contributed by atoms with van der Waals surface area (Å²) in [5, 5.41) is 45.3. The number of hydrogen-bond donors (Lipinski definition) is 10. The summed E-state index contributed by atoms with van der Waals surface area (Å²) in [7, 11) is 0. The molecule has 0 atom stereocenters. The fraction of sp³-hybridized carbons (Fsp3) is 0.0811. The summed E-state index contributed by atoms with van der Waals surface area (Å²) in [6, 6.07) is 70.8. The lowest BCUT2D eigenvalue weighted by Crippen LogP contribution is -2.18. The lowest BCUT2D eigenvalue weighted by Gasteiger charge is -2.09. The van der Waals surface area contributed by atoms with E-state index in [4.69, 9.17) is 20.8 Å². The molecule has 0 unspecified atom stereocenters. The molecule has 4 aromatic heterocycles. The molecule has 0 spiro atoms. The number of fused-ring (bicyclic) bond motifs is 4. The van der Waals surface area contributed by atoms with Crippen LogP contribution in [0.25, 0.3) is 55.8 Å². The van der Waals surface area contributed by atoms with Gasteiger partial charge in [-0.1, -0.05) is 133 Å². The molecule has 8 aromatic carbocycles. The molecule has 460 valence electrons. The molecule has 0 aliphatic rings. The van der Waals surface area contributed by atoms with Gasteiger partial charge in [-0.05, 0) is 167 Å². The van der Waals surface area contributed by atoms with Gasteiger partial charge in [0, 0.05) is 82.7 Å². The smallest absolute Gasteiger partial charge is 0.274 e. The second-order valence-corrected chi connectivity index (χ2v) is 20.9. The molecule has 0 saturated heterocycles. The average molecular weight is 1220 g/mol. The van der Waals surface area contributed by atoms with Crippen molar-refractivity contribution in [3.8, 4) is 0 Å². The van der Waals surface area contributed by atoms with Gasteiger partial charge < -0.3 is 10.6 Å². The number of nitrogens with one attached hydrogen (secondary N) is 6. The third-order valence-electron chi connectivity index (χ3n) is 14.6. The molecule has 0 radical (unpaired) electrons. The minimum atomic E-state index is -0.552. The number of benzene rings is 8. The molecule has 10 N–H and O–H groups in total. The molecule has 0 aliphatic carbocycles. The maximum absolute atomic E-state index is 11.3. The number of para-hydroxylation sites is 2. The van der Waals surface area contributed by atoms with E-state index in [0.29, 0.717) is 24.2 Å². The van der Waals surface area contributed by atoms with E-state index in [1.165, 1.54) is 28.8 Å². The van der Waals surface area contributed by atoms with Gasteiger partial charge in [0.25, 0.3) is 23.6 Å². The van der Waals surface area contributed by atoms with Gasteiger partial charge in [0.2, 0.25) is 0 Å². The van der Waals surface area contributed by atoms with Crippen LogP contribution in [0.4, 0.5) is 11.4 Å². The zero-order valence-electron chi connectivity index (χ0n) is 49.9. The molecule has 12 rings (SSSR count). The summed E-state index contributed by atoms with van der Waals surface area (Å²) in [5.41, 5.74) is 22.0. The van der Waals surface area contributed by atoms with Crippen LogP contribution in [0.5, 0.6) is 0 Å². The topological polar surface area (TPSA) is 273 Å². The number of nitrogens with zero attached hydrogens (tertiary/aromatic N) is 4. The second kappa shape index (κ2) is 33.5. The van der Waals surface area contributed by atoms with Crippen molar-refractivity contribution in [2.24, 2.45) is 0 Å². The fourth-order valence-electron chi connectivity index (χ4n) is 9.71. The van der Waals surface area contributed by atoms with E-state index in [-0.39, 0.29) is 0 Å². The summed E-state index contributed by atoms with van der Waals surface area (Å²) in [6.45, 7) is 1.30. The highest BCUT2D eigenvalue weighted by Crippen LogP contribution is 2.24. The molecule has 0 aliphatic heterocycles. The number of carbonyl (C=O) groups excluding carboxylic acids is 4. The van der Waals surface area contributed by atoms with Crippen LogP contribution in [0.2, 0.25) is 0 Å². The Morgan fingerprint density at radius 3 is 1.08 bits per heavy atom. The van der Waals surface area contributed by atoms with Gasteiger partial charge in [0.1, 0.15) is 0 Å². The predicted octanol–water partition coefficient (Wildman–Crippen LogP) is 13.0. The number of hydroxylamine groups is 4. The van der Waals surface area contributed by atoms with Crippen LogP contribution in [0.1, 0.15) is 65.2 Å². The van der Waals surface area contributed by atoms with Crippen LogP contribution >= 0.6 is 0 Å². The van der Waals surface area contributed by atoms with Gasteiger partial charge in [-0.2, -0.15) is 0 Å². The Balaban J connectivity index is 0.000000145. The van der Waals surface area contributed by atoms with E-state index < -0.39 is 23.6 Å². The Kier molecular flexibility index (Phi) is 23.6. The quantitative estimate of drug-likeness (QED) is 0.0217. The average Bonchev–Trinajstić information content (AvgIpc) is 1.37. The van der Waals surface area contributed by atoms with Crippen LogP contribution in [0, 0.1) is 0 Å². The number of hydrogen-bond acceptors (Lipinski definition) is 14. The van der Waals surface area contributed by atoms with Crippen LogP contribution in [-0.4, -0.2) is 64.4 Å². The third kappa shape index (κ3) is 19.1. The van der Waals surface area contributed by atoms with Crippen LogP contribution in [0.15, 0.2) is 255 Å². The van der Waals surface area contributed by atoms with E-state index in [2.05, 4.69) is 85.2 Å². The molecule has 4 heterocycles. The summed E-state index contributed by atoms with van der Waals surface area (Å²) >= 11 is 0. The highest BCUT2D eigenvalue weighted by atomic mass is 16.5. The Labute approximate surface area is 530 Å². The number of pyridine rings is 4. The van der Waals surface area contributed by atoms with Crippen molar-refractivity contribution in [2.45, 2.75) is 38.8 Å². The minimum Gasteiger partial charge on any atom is -0.379 e. The maximum atomic E-state index is 11.3. The Morgan fingerprint density at radius 1 is 0.337 bits per heavy atom. The van der Waals surface area contributed by atoms with Crippen molar-refractivity contribution in [1.29, 1.82) is 0 Å². The molecule has 18 nitrogen and oxygen atoms in total. The lowest BCUT2D eigenvalue weighted by atomic mass is 10.0. The van der Waals surface area contributed by atoms with Crippen molar-refractivity contribution < 1.29 is 40.0 Å². The highest BCUT2D eigenvalue weighted by Gasteiger charge is 2.08. The fourth-order valence-corrected chi connectivity index (χ4v) is 9.71. The van der Waals surface area contributed by atoms with E-state index in [9.17, 15) is 19.2 Å². The highest BCUT2D eigenvalue weighted by molar-refractivity contribution is 5.95. The number of aromatic nitrogens is 4. The molecule has 92 heavy (non-hydrogen) atoms. The number of anilines is 2. The van der Waals surface area contributed by atoms with E-state index >= 15 is 0 Å². The predicted molar refractivity (Wildman–Crippen MR) is 359 cm³/mol. The monoisotopic (exact) mass is 1220 g/mol. The van der Waals surface area contributed by atoms with Gasteiger partial charge in [-0.3, -0.25) is 59.9 Å². The molecule has 12 aromatic rings. The standard InChI is InChI=1S/C20H18N2O2.C19H17N3O2.C18H16N2O2.C17H15N3O2/c23-20(22-24)12-10-16-5-3-15(4-6-16)7-8-17-9-11-19-18(14-17)2-1-13-21-19;23-18(22-24)11-10-14-6-8-15(9-7-14)13-21-17-5-1-3-16-4-2-12-20-19(16)17;21-18(20-22)15-8-5-13(6-9-15)3-4-14-7-10-17-16(12-14)2-1-11-19-17;21-17(20-22)14-8-6-12(7-9-14)11-19-15-5-1-3-13-4-2-10-18-16(13)15/h1-6,9-14,24H,7-8H2,(H,22,23);1-12,21,24H,13H2,(H,22,23);1-2,5-12,22H,3-4H2,(H,20,21);1-10,19,22H,11H2,(H,20,21)/b12-10+;11-10+;;. The molecular weight excluding hydrogens is 1160 g/mol. The first kappa shape index (κ1) is 64.7. The summed E-state index contributed by atoms with van der Waals surface area (Å²) < 4.78 is 0. The van der Waals surface area contributed by atoms with Crippen LogP contribution < -0.4 is 32.6 Å².